The molecule has 20 heavy (non-hydrogen) atoms. The van der Waals surface area contributed by atoms with E-state index >= 15 is 0 Å². The number of methoxy groups -OCH3 is 1. The lowest BCUT2D eigenvalue weighted by Crippen LogP contribution is -2.23. The van der Waals surface area contributed by atoms with Crippen LogP contribution in [0, 0.1) is 0 Å². The average molecular weight is 364 g/mol. The number of rotatable bonds is 9. The molecule has 1 amide bonds. The minimum absolute atomic E-state index is 0.107. The number of thiophene rings is 1. The van der Waals surface area contributed by atoms with Crippen LogP contribution in [0.25, 0.3) is 0 Å². The second-order valence-corrected chi connectivity index (χ2v) is 6.64. The van der Waals surface area contributed by atoms with Gasteiger partial charge in [0.15, 0.2) is 0 Å². The third-order valence-corrected chi connectivity index (χ3v) is 4.48. The molecular formula is C13H18BrNO4S. The Labute approximate surface area is 130 Å². The predicted molar refractivity (Wildman–Crippen MR) is 81.6 cm³/mol. The minimum atomic E-state index is -0.754. The van der Waals surface area contributed by atoms with Gasteiger partial charge in [-0.15, -0.1) is 11.3 Å². The smallest absolute Gasteiger partial charge is 0.303 e. The van der Waals surface area contributed by atoms with E-state index < -0.39 is 5.97 Å². The van der Waals surface area contributed by atoms with Crippen LogP contribution >= 0.6 is 27.3 Å². The van der Waals surface area contributed by atoms with Gasteiger partial charge in [0, 0.05) is 19.0 Å². The molecule has 2 N–H and O–H groups in total. The molecule has 0 saturated heterocycles. The second-order valence-electron chi connectivity index (χ2n) is 4.27. The van der Waals surface area contributed by atoms with Crippen LogP contribution in [0.3, 0.4) is 0 Å². The Morgan fingerprint density at radius 1 is 1.35 bits per heavy atom. The van der Waals surface area contributed by atoms with E-state index in [0.717, 1.165) is 23.0 Å². The summed E-state index contributed by atoms with van der Waals surface area (Å²) in [6.45, 7) is 0.601. The van der Waals surface area contributed by atoms with Gasteiger partial charge in [0.05, 0.1) is 12.0 Å². The minimum Gasteiger partial charge on any atom is -0.495 e. The van der Waals surface area contributed by atoms with Gasteiger partial charge in [-0.1, -0.05) is 12.8 Å². The van der Waals surface area contributed by atoms with Gasteiger partial charge in [-0.2, -0.15) is 0 Å². The molecule has 1 aromatic rings. The Balaban J connectivity index is 2.18. The molecule has 0 fully saturated rings. The second kappa shape index (κ2) is 8.97. The fraction of sp³-hybridized carbons (Fsp3) is 0.538. The number of aliphatic carboxylic acids is 1. The van der Waals surface area contributed by atoms with Crippen LogP contribution < -0.4 is 10.1 Å². The zero-order valence-corrected chi connectivity index (χ0v) is 13.7. The van der Waals surface area contributed by atoms with Crippen molar-refractivity contribution in [3.8, 4) is 5.75 Å². The van der Waals surface area contributed by atoms with Crippen LogP contribution in [0.1, 0.15) is 41.8 Å². The Bertz CT molecular complexity index is 461. The lowest BCUT2D eigenvalue weighted by atomic mass is 10.1. The van der Waals surface area contributed by atoms with Gasteiger partial charge in [0.25, 0.3) is 5.91 Å². The van der Waals surface area contributed by atoms with E-state index in [-0.39, 0.29) is 12.3 Å². The maximum Gasteiger partial charge on any atom is 0.303 e. The Kier molecular flexibility index (Phi) is 7.61. The molecule has 0 aromatic carbocycles. The SMILES string of the molecule is COc1cc(C(=O)NCCCCCCC(=O)O)sc1Br. The Hall–Kier alpha value is -1.08. The first-order chi connectivity index (χ1) is 9.54. The molecule has 1 heterocycles. The van der Waals surface area contributed by atoms with Gasteiger partial charge < -0.3 is 15.2 Å². The molecule has 0 saturated carbocycles. The molecule has 0 aliphatic heterocycles. The van der Waals surface area contributed by atoms with Crippen molar-refractivity contribution in [2.75, 3.05) is 13.7 Å². The van der Waals surface area contributed by atoms with E-state index in [1.807, 2.05) is 0 Å². The van der Waals surface area contributed by atoms with E-state index in [1.54, 1.807) is 13.2 Å². The van der Waals surface area contributed by atoms with Crippen LogP contribution in [-0.4, -0.2) is 30.6 Å². The molecule has 0 radical (unpaired) electrons. The highest BCUT2D eigenvalue weighted by molar-refractivity contribution is 9.11. The van der Waals surface area contributed by atoms with Crippen molar-refractivity contribution in [1.29, 1.82) is 0 Å². The summed E-state index contributed by atoms with van der Waals surface area (Å²) < 4.78 is 5.91. The molecule has 0 atom stereocenters. The van der Waals surface area contributed by atoms with E-state index in [1.165, 1.54) is 11.3 Å². The number of amides is 1. The predicted octanol–water partition coefficient (Wildman–Crippen LogP) is 3.28. The zero-order valence-electron chi connectivity index (χ0n) is 11.3. The third kappa shape index (κ3) is 5.92. The molecule has 0 bridgehead atoms. The maximum absolute atomic E-state index is 11.8. The molecular weight excluding hydrogens is 346 g/mol. The van der Waals surface area contributed by atoms with Crippen LogP contribution in [0.5, 0.6) is 5.75 Å². The van der Waals surface area contributed by atoms with Crippen molar-refractivity contribution >= 4 is 39.1 Å². The number of hydrogen-bond donors (Lipinski definition) is 2. The topological polar surface area (TPSA) is 75.6 Å². The van der Waals surface area contributed by atoms with E-state index in [2.05, 4.69) is 21.2 Å². The Morgan fingerprint density at radius 3 is 2.65 bits per heavy atom. The average Bonchev–Trinajstić information content (AvgIpc) is 2.78. The quantitative estimate of drug-likeness (QED) is 0.660. The Morgan fingerprint density at radius 2 is 2.05 bits per heavy atom. The first kappa shape index (κ1) is 17.0. The molecule has 7 heteroatoms. The number of nitrogens with one attached hydrogen (secondary N) is 1. The summed E-state index contributed by atoms with van der Waals surface area (Å²) in [5.41, 5.74) is 0. The lowest BCUT2D eigenvalue weighted by Gasteiger charge is -2.03. The monoisotopic (exact) mass is 363 g/mol. The molecule has 0 spiro atoms. The number of carboxylic acid groups (broad SMARTS) is 1. The summed E-state index contributed by atoms with van der Waals surface area (Å²) in [6.07, 6.45) is 3.56. The van der Waals surface area contributed by atoms with Crippen LogP contribution in [0.15, 0.2) is 9.85 Å². The molecule has 0 aliphatic carbocycles. The lowest BCUT2D eigenvalue weighted by molar-refractivity contribution is -0.137. The molecule has 112 valence electrons. The van der Waals surface area contributed by atoms with Crippen molar-refractivity contribution < 1.29 is 19.4 Å². The number of unbranched alkanes of at least 4 members (excludes halogenated alkanes) is 3. The molecule has 5 nitrogen and oxygen atoms in total. The summed E-state index contributed by atoms with van der Waals surface area (Å²) in [4.78, 5) is 22.8. The van der Waals surface area contributed by atoms with Crippen LogP contribution in [0.4, 0.5) is 0 Å². The van der Waals surface area contributed by atoms with Gasteiger partial charge in [0.1, 0.15) is 9.54 Å². The highest BCUT2D eigenvalue weighted by atomic mass is 79.9. The molecule has 1 rings (SSSR count). The number of carbonyl (C=O) groups is 2. The largest absolute Gasteiger partial charge is 0.495 e. The molecule has 0 aliphatic rings. The summed E-state index contributed by atoms with van der Waals surface area (Å²) in [5.74, 6) is -0.200. The number of carboxylic acids is 1. The summed E-state index contributed by atoms with van der Waals surface area (Å²) in [5, 5.41) is 11.3. The van der Waals surface area contributed by atoms with Gasteiger partial charge in [-0.05, 0) is 28.8 Å². The zero-order chi connectivity index (χ0) is 15.0. The summed E-state index contributed by atoms with van der Waals surface area (Å²) >= 11 is 4.67. The third-order valence-electron chi connectivity index (χ3n) is 2.70. The first-order valence-electron chi connectivity index (χ1n) is 6.38. The maximum atomic E-state index is 11.8. The van der Waals surface area contributed by atoms with Gasteiger partial charge in [-0.3, -0.25) is 9.59 Å². The number of halogens is 1. The fourth-order valence-electron chi connectivity index (χ4n) is 1.65. The molecule has 0 unspecified atom stereocenters. The van der Waals surface area contributed by atoms with Crippen molar-refractivity contribution in [2.45, 2.75) is 32.1 Å². The van der Waals surface area contributed by atoms with Crippen molar-refractivity contribution in [3.05, 3.63) is 14.7 Å². The normalized spacial score (nSPS) is 10.3. The number of carbonyl (C=O) groups excluding carboxylic acids is 1. The van der Waals surface area contributed by atoms with Crippen molar-refractivity contribution in [3.63, 3.8) is 0 Å². The number of hydrogen-bond acceptors (Lipinski definition) is 4. The highest BCUT2D eigenvalue weighted by Gasteiger charge is 2.13. The van der Waals surface area contributed by atoms with Crippen molar-refractivity contribution in [2.24, 2.45) is 0 Å². The van der Waals surface area contributed by atoms with E-state index in [9.17, 15) is 9.59 Å². The summed E-state index contributed by atoms with van der Waals surface area (Å²) in [6, 6.07) is 1.71. The molecule has 1 aromatic heterocycles. The van der Waals surface area contributed by atoms with Gasteiger partial charge >= 0.3 is 5.97 Å². The highest BCUT2D eigenvalue weighted by Crippen LogP contribution is 2.34. The fourth-order valence-corrected chi connectivity index (χ4v) is 3.21. The van der Waals surface area contributed by atoms with Crippen LogP contribution in [-0.2, 0) is 4.79 Å². The van der Waals surface area contributed by atoms with Gasteiger partial charge in [0.2, 0.25) is 0 Å². The van der Waals surface area contributed by atoms with Gasteiger partial charge in [-0.25, -0.2) is 0 Å². The summed E-state index contributed by atoms with van der Waals surface area (Å²) in [7, 11) is 1.56. The first-order valence-corrected chi connectivity index (χ1v) is 7.99. The van der Waals surface area contributed by atoms with E-state index in [0.29, 0.717) is 23.6 Å². The van der Waals surface area contributed by atoms with E-state index in [4.69, 9.17) is 9.84 Å². The standard InChI is InChI=1S/C13H18BrNO4S/c1-19-9-8-10(20-12(9)14)13(18)15-7-5-3-2-4-6-11(16)17/h8H,2-7H2,1H3,(H,15,18)(H,16,17). The van der Waals surface area contributed by atoms with Crippen LogP contribution in [0.2, 0.25) is 0 Å². The van der Waals surface area contributed by atoms with Crippen molar-refractivity contribution in [1.82, 2.24) is 5.32 Å². The number of ether oxygens (including phenoxy) is 1.